The summed E-state index contributed by atoms with van der Waals surface area (Å²) in [5, 5.41) is 0. The smallest absolute Gasteiger partial charge is 0.0322 e. The van der Waals surface area contributed by atoms with Gasteiger partial charge in [-0.15, -0.1) is 0 Å². The Morgan fingerprint density at radius 2 is 1.88 bits per heavy atom. The molecule has 0 aromatic heterocycles. The predicted octanol–water partition coefficient (Wildman–Crippen LogP) is 3.59. The van der Waals surface area contributed by atoms with Crippen molar-refractivity contribution in [1.82, 2.24) is 4.90 Å². The Balaban J connectivity index is 2.11. The van der Waals surface area contributed by atoms with Crippen molar-refractivity contribution >= 4 is 5.69 Å². The molecule has 0 aliphatic carbocycles. The van der Waals surface area contributed by atoms with Gasteiger partial charge in [-0.1, -0.05) is 25.0 Å². The van der Waals surface area contributed by atoms with Crippen molar-refractivity contribution in [3.05, 3.63) is 29.8 Å². The third-order valence-electron chi connectivity index (χ3n) is 4.02. The minimum atomic E-state index is 0.503. The van der Waals surface area contributed by atoms with E-state index in [1.165, 1.54) is 37.8 Å². The van der Waals surface area contributed by atoms with Crippen LogP contribution >= 0.6 is 0 Å². The van der Waals surface area contributed by atoms with Crippen molar-refractivity contribution in [2.24, 2.45) is 0 Å². The lowest BCUT2D eigenvalue weighted by atomic mass is 10.0. The van der Waals surface area contributed by atoms with Crippen molar-refractivity contribution < 1.29 is 0 Å². The van der Waals surface area contributed by atoms with E-state index in [0.717, 1.165) is 5.69 Å². The van der Waals surface area contributed by atoms with Gasteiger partial charge in [0.25, 0.3) is 0 Å². The van der Waals surface area contributed by atoms with Crippen molar-refractivity contribution in [1.29, 1.82) is 0 Å². The summed E-state index contributed by atoms with van der Waals surface area (Å²) in [6, 6.07) is 9.55. The quantitative estimate of drug-likeness (QED) is 0.789. The number of nitrogens with two attached hydrogens (primary N) is 1. The van der Waals surface area contributed by atoms with E-state index >= 15 is 0 Å². The lowest BCUT2D eigenvalue weighted by Gasteiger charge is -2.33. The molecule has 1 aromatic rings. The van der Waals surface area contributed by atoms with Crippen molar-refractivity contribution in [3.63, 3.8) is 0 Å². The van der Waals surface area contributed by atoms with Crippen molar-refractivity contribution in [2.45, 2.75) is 51.6 Å². The Morgan fingerprint density at radius 3 is 2.59 bits per heavy atom. The first-order valence-corrected chi connectivity index (χ1v) is 6.79. The highest BCUT2D eigenvalue weighted by atomic mass is 15.2. The summed E-state index contributed by atoms with van der Waals surface area (Å²) in [6.45, 7) is 5.90. The maximum Gasteiger partial charge on any atom is 0.0322 e. The number of rotatable bonds is 2. The zero-order valence-electron chi connectivity index (χ0n) is 11.0. The van der Waals surface area contributed by atoms with Crippen molar-refractivity contribution in [2.75, 3.05) is 12.3 Å². The highest BCUT2D eigenvalue weighted by Gasteiger charge is 2.22. The molecule has 1 fully saturated rings. The average Bonchev–Trinajstić information content (AvgIpc) is 2.54. The summed E-state index contributed by atoms with van der Waals surface area (Å²) in [5.74, 6) is 0. The second kappa shape index (κ2) is 5.54. The fourth-order valence-corrected chi connectivity index (χ4v) is 2.84. The fourth-order valence-electron chi connectivity index (χ4n) is 2.84. The summed E-state index contributed by atoms with van der Waals surface area (Å²) >= 11 is 0. The second-order valence-corrected chi connectivity index (χ2v) is 5.28. The summed E-state index contributed by atoms with van der Waals surface area (Å²) in [6.07, 6.45) is 5.43. The number of likely N-dealkylation sites (tertiary alicyclic amines) is 1. The summed E-state index contributed by atoms with van der Waals surface area (Å²) in [4.78, 5) is 2.64. The predicted molar refractivity (Wildman–Crippen MR) is 73.9 cm³/mol. The normalized spacial score (nSPS) is 24.2. The van der Waals surface area contributed by atoms with Gasteiger partial charge in [-0.2, -0.15) is 0 Å². The van der Waals surface area contributed by atoms with Gasteiger partial charge in [0.2, 0.25) is 0 Å². The number of nitrogens with zero attached hydrogens (tertiary/aromatic N) is 1. The zero-order valence-corrected chi connectivity index (χ0v) is 11.0. The van der Waals surface area contributed by atoms with Crippen LogP contribution in [0.3, 0.4) is 0 Å². The molecule has 2 unspecified atom stereocenters. The van der Waals surface area contributed by atoms with Gasteiger partial charge in [-0.25, -0.2) is 0 Å². The number of nitrogen functional groups attached to an aromatic ring is 1. The molecule has 1 aromatic carbocycles. The molecule has 0 spiro atoms. The molecule has 2 nitrogen and oxygen atoms in total. The molecule has 2 rings (SSSR count). The molecule has 17 heavy (non-hydrogen) atoms. The summed E-state index contributed by atoms with van der Waals surface area (Å²) in [5.41, 5.74) is 7.98. The van der Waals surface area contributed by atoms with Gasteiger partial charge in [0.15, 0.2) is 0 Å². The molecule has 94 valence electrons. The topological polar surface area (TPSA) is 29.3 Å². The monoisotopic (exact) mass is 232 g/mol. The van der Waals surface area contributed by atoms with E-state index in [4.69, 9.17) is 5.73 Å². The zero-order chi connectivity index (χ0) is 12.3. The number of hydrogen-bond donors (Lipinski definition) is 1. The van der Waals surface area contributed by atoms with Crippen LogP contribution in [-0.4, -0.2) is 17.5 Å². The fraction of sp³-hybridized carbons (Fsp3) is 0.600. The lowest BCUT2D eigenvalue weighted by Crippen LogP contribution is -2.34. The Bertz CT molecular complexity index is 344. The first-order chi connectivity index (χ1) is 8.18. The molecule has 2 atom stereocenters. The van der Waals surface area contributed by atoms with Crippen molar-refractivity contribution in [3.8, 4) is 0 Å². The molecular weight excluding hydrogens is 208 g/mol. The minimum Gasteiger partial charge on any atom is -0.399 e. The van der Waals surface area contributed by atoms with E-state index in [9.17, 15) is 0 Å². The molecule has 1 aliphatic heterocycles. The summed E-state index contributed by atoms with van der Waals surface area (Å²) < 4.78 is 0. The molecular formula is C15H24N2. The highest BCUT2D eigenvalue weighted by molar-refractivity contribution is 5.40. The van der Waals surface area contributed by atoms with Gasteiger partial charge in [-0.05, 0) is 50.9 Å². The van der Waals surface area contributed by atoms with Gasteiger partial charge in [0, 0.05) is 17.8 Å². The first-order valence-electron chi connectivity index (χ1n) is 6.79. The van der Waals surface area contributed by atoms with Gasteiger partial charge in [0.1, 0.15) is 0 Å². The van der Waals surface area contributed by atoms with Crippen LogP contribution in [0, 0.1) is 0 Å². The van der Waals surface area contributed by atoms with Crippen LogP contribution in [0.25, 0.3) is 0 Å². The molecule has 0 amide bonds. The Kier molecular flexibility index (Phi) is 4.06. The van der Waals surface area contributed by atoms with Crippen LogP contribution in [0.2, 0.25) is 0 Å². The number of hydrogen-bond acceptors (Lipinski definition) is 2. The van der Waals surface area contributed by atoms with Crippen LogP contribution in [0.15, 0.2) is 24.3 Å². The minimum absolute atomic E-state index is 0.503. The molecule has 2 heteroatoms. The average molecular weight is 232 g/mol. The van der Waals surface area contributed by atoms with E-state index in [0.29, 0.717) is 12.1 Å². The largest absolute Gasteiger partial charge is 0.399 e. The Hall–Kier alpha value is -1.02. The molecule has 2 N–H and O–H groups in total. The van der Waals surface area contributed by atoms with E-state index in [1.807, 2.05) is 12.1 Å². The van der Waals surface area contributed by atoms with Crippen LogP contribution in [-0.2, 0) is 0 Å². The van der Waals surface area contributed by atoms with Gasteiger partial charge in [0.05, 0.1) is 0 Å². The number of anilines is 1. The third kappa shape index (κ3) is 3.01. The van der Waals surface area contributed by atoms with E-state index in [1.54, 1.807) is 0 Å². The summed E-state index contributed by atoms with van der Waals surface area (Å²) in [7, 11) is 0. The van der Waals surface area contributed by atoms with E-state index in [2.05, 4.69) is 30.9 Å². The van der Waals surface area contributed by atoms with E-state index in [-0.39, 0.29) is 0 Å². The van der Waals surface area contributed by atoms with Gasteiger partial charge in [-0.3, -0.25) is 4.90 Å². The maximum absolute atomic E-state index is 5.74. The molecule has 1 heterocycles. The van der Waals surface area contributed by atoms with E-state index < -0.39 is 0 Å². The molecule has 1 saturated heterocycles. The maximum atomic E-state index is 5.74. The highest BCUT2D eigenvalue weighted by Crippen LogP contribution is 2.27. The standard InChI is InChI=1S/C15H24N2/c1-12-6-4-3-5-11-17(12)13(2)14-7-9-15(16)10-8-14/h7-10,12-13H,3-6,11,16H2,1-2H3. The Labute approximate surface area is 105 Å². The SMILES string of the molecule is CC1CCCCCN1C(C)c1ccc(N)cc1. The molecule has 0 bridgehead atoms. The molecule has 1 aliphatic rings. The van der Waals surface area contributed by atoms with Crippen LogP contribution in [0.5, 0.6) is 0 Å². The van der Waals surface area contributed by atoms with Gasteiger partial charge < -0.3 is 5.73 Å². The molecule has 0 radical (unpaired) electrons. The lowest BCUT2D eigenvalue weighted by molar-refractivity contribution is 0.158. The first kappa shape index (κ1) is 12.4. The third-order valence-corrected chi connectivity index (χ3v) is 4.02. The second-order valence-electron chi connectivity index (χ2n) is 5.28. The van der Waals surface area contributed by atoms with Crippen LogP contribution < -0.4 is 5.73 Å². The van der Waals surface area contributed by atoms with Crippen LogP contribution in [0.4, 0.5) is 5.69 Å². The number of benzene rings is 1. The molecule has 0 saturated carbocycles. The Morgan fingerprint density at radius 1 is 1.18 bits per heavy atom. The van der Waals surface area contributed by atoms with Gasteiger partial charge >= 0.3 is 0 Å². The van der Waals surface area contributed by atoms with Crippen LogP contribution in [0.1, 0.15) is 51.1 Å².